The Kier molecular flexibility index (Phi) is 2.82. The van der Waals surface area contributed by atoms with Gasteiger partial charge in [0, 0.05) is 11.3 Å². The molecule has 0 saturated carbocycles. The number of carbonyl (C=O) groups excluding carboxylic acids is 1. The molecule has 0 heterocycles. The highest BCUT2D eigenvalue weighted by Crippen LogP contribution is 2.08. The number of nitrogens with two attached hydrogens (primary N) is 1. The topological polar surface area (TPSA) is 55.1 Å². The summed E-state index contributed by atoms with van der Waals surface area (Å²) < 4.78 is 0. The van der Waals surface area contributed by atoms with Gasteiger partial charge in [-0.2, -0.15) is 0 Å². The second-order valence-corrected chi connectivity index (χ2v) is 2.51. The molecule has 0 aliphatic heterocycles. The summed E-state index contributed by atoms with van der Waals surface area (Å²) in [7, 11) is 0. The van der Waals surface area contributed by atoms with E-state index in [0.717, 1.165) is 11.3 Å². The summed E-state index contributed by atoms with van der Waals surface area (Å²) in [6.45, 7) is 1.95. The van der Waals surface area contributed by atoms with Crippen LogP contribution in [-0.2, 0) is 0 Å². The first kappa shape index (κ1) is 8.74. The van der Waals surface area contributed by atoms with Crippen molar-refractivity contribution in [3.8, 4) is 0 Å². The Morgan fingerprint density at radius 3 is 2.42 bits per heavy atom. The molecule has 3 heteroatoms. The van der Waals surface area contributed by atoms with Crippen LogP contribution in [0.15, 0.2) is 24.3 Å². The molecular formula is C9H12N2O. The lowest BCUT2D eigenvalue weighted by Gasteiger charge is -2.02. The van der Waals surface area contributed by atoms with Crippen LogP contribution in [0.1, 0.15) is 17.3 Å². The first-order valence-electron chi connectivity index (χ1n) is 3.79. The van der Waals surface area contributed by atoms with Gasteiger partial charge in [0.2, 0.25) is 0 Å². The molecule has 1 aromatic rings. The van der Waals surface area contributed by atoms with Gasteiger partial charge in [-0.25, -0.2) is 0 Å². The Morgan fingerprint density at radius 2 is 2.00 bits per heavy atom. The summed E-state index contributed by atoms with van der Waals surface area (Å²) >= 11 is 0. The Balaban J connectivity index is 2.78. The van der Waals surface area contributed by atoms with Crippen molar-refractivity contribution < 1.29 is 4.79 Å². The van der Waals surface area contributed by atoms with E-state index >= 15 is 0 Å². The minimum atomic E-state index is 0.0781. The van der Waals surface area contributed by atoms with E-state index < -0.39 is 0 Å². The third kappa shape index (κ3) is 2.07. The molecule has 0 spiro atoms. The molecule has 12 heavy (non-hydrogen) atoms. The normalized spacial score (nSPS) is 9.50. The molecule has 3 N–H and O–H groups in total. The van der Waals surface area contributed by atoms with Crippen LogP contribution < -0.4 is 11.1 Å². The minimum Gasteiger partial charge on any atom is -0.373 e. The summed E-state index contributed by atoms with van der Waals surface area (Å²) in [5.41, 5.74) is 6.93. The van der Waals surface area contributed by atoms with E-state index in [1.165, 1.54) is 0 Å². The van der Waals surface area contributed by atoms with Gasteiger partial charge < -0.3 is 11.1 Å². The van der Waals surface area contributed by atoms with Gasteiger partial charge in [-0.15, -0.1) is 0 Å². The van der Waals surface area contributed by atoms with Crippen LogP contribution in [-0.4, -0.2) is 12.5 Å². The number of carbonyl (C=O) groups is 1. The van der Waals surface area contributed by atoms with Crippen molar-refractivity contribution in [1.82, 2.24) is 0 Å². The monoisotopic (exact) mass is 164 g/mol. The maximum Gasteiger partial charge on any atom is 0.159 e. The highest BCUT2D eigenvalue weighted by Gasteiger charge is 1.96. The largest absolute Gasteiger partial charge is 0.373 e. The zero-order valence-corrected chi connectivity index (χ0v) is 7.00. The molecule has 0 radical (unpaired) electrons. The van der Waals surface area contributed by atoms with E-state index in [0.29, 0.717) is 6.67 Å². The quantitative estimate of drug-likeness (QED) is 0.521. The SMILES string of the molecule is CC(=O)c1ccc(NCN)cc1. The van der Waals surface area contributed by atoms with Gasteiger partial charge in [0.25, 0.3) is 0 Å². The van der Waals surface area contributed by atoms with Gasteiger partial charge >= 0.3 is 0 Å². The average Bonchev–Trinajstić information content (AvgIpc) is 2.06. The van der Waals surface area contributed by atoms with Gasteiger partial charge in [-0.05, 0) is 31.2 Å². The fourth-order valence-electron chi connectivity index (χ4n) is 0.941. The molecule has 0 aromatic heterocycles. The van der Waals surface area contributed by atoms with Gasteiger partial charge in [0.1, 0.15) is 0 Å². The molecule has 0 bridgehead atoms. The maximum absolute atomic E-state index is 10.9. The van der Waals surface area contributed by atoms with Crippen LogP contribution in [0, 0.1) is 0 Å². The standard InChI is InChI=1S/C9H12N2O/c1-7(12)8-2-4-9(5-3-8)11-6-10/h2-5,11H,6,10H2,1H3. The molecule has 0 unspecified atom stereocenters. The minimum absolute atomic E-state index is 0.0781. The van der Waals surface area contributed by atoms with Gasteiger partial charge in [0.05, 0.1) is 6.67 Å². The van der Waals surface area contributed by atoms with Gasteiger partial charge in [0.15, 0.2) is 5.78 Å². The van der Waals surface area contributed by atoms with Crippen LogP contribution in [0.3, 0.4) is 0 Å². The Labute approximate surface area is 71.6 Å². The van der Waals surface area contributed by atoms with Crippen molar-refractivity contribution in [3.63, 3.8) is 0 Å². The number of anilines is 1. The Hall–Kier alpha value is -1.35. The summed E-state index contributed by atoms with van der Waals surface area (Å²) in [6.07, 6.45) is 0. The van der Waals surface area contributed by atoms with E-state index in [9.17, 15) is 4.79 Å². The lowest BCUT2D eigenvalue weighted by Crippen LogP contribution is -2.10. The van der Waals surface area contributed by atoms with E-state index in [-0.39, 0.29) is 5.78 Å². The lowest BCUT2D eigenvalue weighted by molar-refractivity contribution is 0.101. The molecule has 0 atom stereocenters. The summed E-state index contributed by atoms with van der Waals surface area (Å²) in [5.74, 6) is 0.0781. The van der Waals surface area contributed by atoms with Crippen molar-refractivity contribution in [2.24, 2.45) is 5.73 Å². The zero-order chi connectivity index (χ0) is 8.97. The summed E-state index contributed by atoms with van der Waals surface area (Å²) in [4.78, 5) is 10.9. The fourth-order valence-corrected chi connectivity index (χ4v) is 0.941. The van der Waals surface area contributed by atoms with E-state index in [2.05, 4.69) is 5.32 Å². The van der Waals surface area contributed by atoms with Gasteiger partial charge in [-0.3, -0.25) is 4.79 Å². The summed E-state index contributed by atoms with van der Waals surface area (Å²) in [6, 6.07) is 7.23. The van der Waals surface area contributed by atoms with Gasteiger partial charge in [-0.1, -0.05) is 0 Å². The molecule has 0 fully saturated rings. The summed E-state index contributed by atoms with van der Waals surface area (Å²) in [5, 5.41) is 2.94. The smallest absolute Gasteiger partial charge is 0.159 e. The van der Waals surface area contributed by atoms with Crippen LogP contribution >= 0.6 is 0 Å². The lowest BCUT2D eigenvalue weighted by atomic mass is 10.1. The molecule has 0 amide bonds. The zero-order valence-electron chi connectivity index (χ0n) is 7.00. The van der Waals surface area contributed by atoms with Crippen molar-refractivity contribution >= 4 is 11.5 Å². The second-order valence-electron chi connectivity index (χ2n) is 2.51. The highest BCUT2D eigenvalue weighted by molar-refractivity contribution is 5.94. The van der Waals surface area contributed by atoms with Crippen LogP contribution in [0.4, 0.5) is 5.69 Å². The van der Waals surface area contributed by atoms with E-state index in [1.54, 1.807) is 19.1 Å². The second kappa shape index (κ2) is 3.88. The number of hydrogen-bond acceptors (Lipinski definition) is 3. The maximum atomic E-state index is 10.9. The molecule has 64 valence electrons. The van der Waals surface area contributed by atoms with Crippen LogP contribution in [0.2, 0.25) is 0 Å². The molecular weight excluding hydrogens is 152 g/mol. The third-order valence-corrected chi connectivity index (χ3v) is 1.60. The first-order chi connectivity index (χ1) is 5.74. The molecule has 0 aliphatic rings. The van der Waals surface area contributed by atoms with Crippen molar-refractivity contribution in [1.29, 1.82) is 0 Å². The van der Waals surface area contributed by atoms with Crippen LogP contribution in [0.25, 0.3) is 0 Å². The molecule has 1 aromatic carbocycles. The number of hydrogen-bond donors (Lipinski definition) is 2. The number of benzene rings is 1. The van der Waals surface area contributed by atoms with Crippen molar-refractivity contribution in [3.05, 3.63) is 29.8 Å². The van der Waals surface area contributed by atoms with Crippen molar-refractivity contribution in [2.75, 3.05) is 12.0 Å². The number of rotatable bonds is 3. The molecule has 3 nitrogen and oxygen atoms in total. The Morgan fingerprint density at radius 1 is 1.42 bits per heavy atom. The third-order valence-electron chi connectivity index (χ3n) is 1.60. The Bertz CT molecular complexity index is 266. The van der Waals surface area contributed by atoms with E-state index in [4.69, 9.17) is 5.73 Å². The van der Waals surface area contributed by atoms with E-state index in [1.807, 2.05) is 12.1 Å². The molecule has 0 aliphatic carbocycles. The first-order valence-corrected chi connectivity index (χ1v) is 3.79. The number of ketones is 1. The average molecular weight is 164 g/mol. The van der Waals surface area contributed by atoms with Crippen molar-refractivity contribution in [2.45, 2.75) is 6.92 Å². The molecule has 0 saturated heterocycles. The highest BCUT2D eigenvalue weighted by atomic mass is 16.1. The van der Waals surface area contributed by atoms with Crippen LogP contribution in [0.5, 0.6) is 0 Å². The number of Topliss-reactive ketones (excluding diaryl/α,β-unsaturated/α-hetero) is 1. The predicted molar refractivity (Wildman–Crippen MR) is 49.1 cm³/mol. The predicted octanol–water partition coefficient (Wildman–Crippen LogP) is 1.22. The molecule has 1 rings (SSSR count). The fraction of sp³-hybridized carbons (Fsp3) is 0.222. The number of nitrogens with one attached hydrogen (secondary N) is 1.